The summed E-state index contributed by atoms with van der Waals surface area (Å²) in [4.78, 5) is 20.0. The number of hydrogen-bond acceptors (Lipinski definition) is 5. The topological polar surface area (TPSA) is 67.6 Å². The number of halogens is 1. The van der Waals surface area contributed by atoms with Crippen molar-refractivity contribution >= 4 is 34.6 Å². The summed E-state index contributed by atoms with van der Waals surface area (Å²) >= 11 is 6.33. The predicted octanol–water partition coefficient (Wildman–Crippen LogP) is 4.65. The van der Waals surface area contributed by atoms with Gasteiger partial charge in [-0.3, -0.25) is 4.79 Å². The van der Waals surface area contributed by atoms with Crippen LogP contribution in [0.1, 0.15) is 56.3 Å². The van der Waals surface area contributed by atoms with Crippen LogP contribution in [0, 0.1) is 17.8 Å². The standard InChI is InChI=1S/C23H30ClN3O3/c1-13-12-29-7-6-27(13)23-26-21-19(10-17(24)11-20(21)30-23)22(28)25-18-8-15-4-3-5-16(9-18)14(15)2/h10-11,13-16,18H,3-9,12H2,1-2H3,(H,25,28)/t13-,14?,15?,16?,18?/m0/s1. The first kappa shape index (κ1) is 20.1. The normalized spacial score (nSPS) is 31.7. The molecule has 2 unspecified atom stereocenters. The Hall–Kier alpha value is -1.79. The van der Waals surface area contributed by atoms with Crippen LogP contribution in [0.25, 0.3) is 11.1 Å². The van der Waals surface area contributed by atoms with Crippen molar-refractivity contribution < 1.29 is 13.9 Å². The van der Waals surface area contributed by atoms with Crippen molar-refractivity contribution in [1.29, 1.82) is 0 Å². The highest BCUT2D eigenvalue weighted by Gasteiger charge is 2.38. The number of aromatic nitrogens is 1. The summed E-state index contributed by atoms with van der Waals surface area (Å²) in [5, 5.41) is 3.77. The van der Waals surface area contributed by atoms with E-state index in [0.29, 0.717) is 47.5 Å². The van der Waals surface area contributed by atoms with Crippen LogP contribution < -0.4 is 10.2 Å². The van der Waals surface area contributed by atoms with Crippen LogP contribution in [0.5, 0.6) is 0 Å². The fourth-order valence-corrected chi connectivity index (χ4v) is 5.93. The lowest BCUT2D eigenvalue weighted by molar-refractivity contribution is 0.0706. The van der Waals surface area contributed by atoms with E-state index in [2.05, 4.69) is 24.1 Å². The summed E-state index contributed by atoms with van der Waals surface area (Å²) in [6.07, 6.45) is 6.05. The van der Waals surface area contributed by atoms with Gasteiger partial charge >= 0.3 is 0 Å². The second-order valence-corrected chi connectivity index (χ2v) is 9.80. The first-order valence-electron chi connectivity index (χ1n) is 11.2. The van der Waals surface area contributed by atoms with E-state index in [9.17, 15) is 4.79 Å². The summed E-state index contributed by atoms with van der Waals surface area (Å²) < 4.78 is 11.5. The van der Waals surface area contributed by atoms with Gasteiger partial charge < -0.3 is 19.4 Å². The van der Waals surface area contributed by atoms with Gasteiger partial charge in [-0.1, -0.05) is 37.8 Å². The summed E-state index contributed by atoms with van der Waals surface area (Å²) in [7, 11) is 0. The maximum absolute atomic E-state index is 13.2. The molecule has 1 N–H and O–H groups in total. The number of hydrogen-bond donors (Lipinski definition) is 1. The van der Waals surface area contributed by atoms with E-state index < -0.39 is 0 Å². The Morgan fingerprint density at radius 2 is 2.00 bits per heavy atom. The number of oxazole rings is 1. The molecule has 7 heteroatoms. The average Bonchev–Trinajstić information content (AvgIpc) is 3.12. The third-order valence-electron chi connectivity index (χ3n) is 7.45. The minimum Gasteiger partial charge on any atom is -0.423 e. The third kappa shape index (κ3) is 3.69. The van der Waals surface area contributed by atoms with Gasteiger partial charge in [0.25, 0.3) is 11.9 Å². The fraction of sp³-hybridized carbons (Fsp3) is 0.652. The van der Waals surface area contributed by atoms with Crippen molar-refractivity contribution in [2.75, 3.05) is 24.7 Å². The molecule has 6 nitrogen and oxygen atoms in total. The van der Waals surface area contributed by atoms with E-state index in [1.165, 1.54) is 19.3 Å². The number of nitrogens with one attached hydrogen (secondary N) is 1. The molecule has 1 aromatic carbocycles. The zero-order valence-electron chi connectivity index (χ0n) is 17.7. The minimum atomic E-state index is -0.102. The van der Waals surface area contributed by atoms with Gasteiger partial charge in [-0.05, 0) is 43.6 Å². The SMILES string of the molecule is CC1C2CCCC1CC(NC(=O)c1cc(Cl)cc3oc(N4CCOC[C@@H]4C)nc13)C2. The molecule has 3 atom stereocenters. The molecule has 2 saturated carbocycles. The van der Waals surface area contributed by atoms with Crippen molar-refractivity contribution in [2.45, 2.75) is 58.0 Å². The second kappa shape index (κ2) is 8.04. The summed E-state index contributed by atoms with van der Waals surface area (Å²) in [5.74, 6) is 2.13. The molecular weight excluding hydrogens is 402 g/mol. The van der Waals surface area contributed by atoms with Crippen molar-refractivity contribution in [1.82, 2.24) is 10.3 Å². The minimum absolute atomic E-state index is 0.102. The zero-order chi connectivity index (χ0) is 20.8. The van der Waals surface area contributed by atoms with E-state index >= 15 is 0 Å². The Bertz CT molecular complexity index is 931. The lowest BCUT2D eigenvalue weighted by Crippen LogP contribution is -2.45. The molecule has 30 heavy (non-hydrogen) atoms. The smallest absolute Gasteiger partial charge is 0.298 e. The number of nitrogens with zero attached hydrogens (tertiary/aromatic N) is 2. The van der Waals surface area contributed by atoms with Crippen molar-refractivity contribution in [3.63, 3.8) is 0 Å². The Morgan fingerprint density at radius 3 is 2.73 bits per heavy atom. The monoisotopic (exact) mass is 431 g/mol. The quantitative estimate of drug-likeness (QED) is 0.766. The van der Waals surface area contributed by atoms with Crippen LogP contribution in [0.2, 0.25) is 5.02 Å². The number of rotatable bonds is 3. The van der Waals surface area contributed by atoms with Crippen LogP contribution in [0.3, 0.4) is 0 Å². The van der Waals surface area contributed by atoms with Crippen LogP contribution in [0.4, 0.5) is 6.01 Å². The highest BCUT2D eigenvalue weighted by atomic mass is 35.5. The number of carbonyl (C=O) groups is 1. The third-order valence-corrected chi connectivity index (χ3v) is 7.67. The number of carbonyl (C=O) groups excluding carboxylic acids is 1. The van der Waals surface area contributed by atoms with E-state index in [-0.39, 0.29) is 18.0 Å². The molecule has 1 aliphatic heterocycles. The summed E-state index contributed by atoms with van der Waals surface area (Å²) in [5.41, 5.74) is 1.63. The molecule has 1 saturated heterocycles. The summed E-state index contributed by atoms with van der Waals surface area (Å²) in [6.45, 7) is 6.45. The molecule has 0 spiro atoms. The first-order chi connectivity index (χ1) is 14.5. The van der Waals surface area contributed by atoms with E-state index in [1.54, 1.807) is 12.1 Å². The van der Waals surface area contributed by atoms with Gasteiger partial charge in [-0.25, -0.2) is 0 Å². The highest BCUT2D eigenvalue weighted by Crippen LogP contribution is 2.44. The molecule has 3 aliphatic rings. The average molecular weight is 432 g/mol. The lowest BCUT2D eigenvalue weighted by atomic mass is 9.64. The maximum atomic E-state index is 13.2. The van der Waals surface area contributed by atoms with Gasteiger partial charge in [-0.2, -0.15) is 4.98 Å². The van der Waals surface area contributed by atoms with E-state index in [1.807, 2.05) is 0 Å². The number of fused-ring (bicyclic) bond motifs is 3. The molecule has 2 aliphatic carbocycles. The van der Waals surface area contributed by atoms with Crippen molar-refractivity contribution in [3.8, 4) is 0 Å². The van der Waals surface area contributed by atoms with Crippen molar-refractivity contribution in [3.05, 3.63) is 22.7 Å². The largest absolute Gasteiger partial charge is 0.423 e. The van der Waals surface area contributed by atoms with Crippen LogP contribution in [0.15, 0.2) is 16.5 Å². The van der Waals surface area contributed by atoms with Gasteiger partial charge in [0.05, 0.1) is 24.8 Å². The molecule has 0 radical (unpaired) electrons. The number of anilines is 1. The van der Waals surface area contributed by atoms with E-state index in [0.717, 1.165) is 30.6 Å². The van der Waals surface area contributed by atoms with Gasteiger partial charge in [-0.15, -0.1) is 0 Å². The summed E-state index contributed by atoms with van der Waals surface area (Å²) in [6, 6.07) is 4.37. The van der Waals surface area contributed by atoms with Crippen LogP contribution >= 0.6 is 11.6 Å². The fourth-order valence-electron chi connectivity index (χ4n) is 5.72. The first-order valence-corrected chi connectivity index (χ1v) is 11.6. The molecule has 2 bridgehead atoms. The Balaban J connectivity index is 1.40. The Morgan fingerprint density at radius 1 is 1.23 bits per heavy atom. The van der Waals surface area contributed by atoms with Gasteiger partial charge in [0, 0.05) is 23.7 Å². The number of ether oxygens (including phenoxy) is 1. The number of morpholine rings is 1. The molecule has 3 fully saturated rings. The number of benzene rings is 1. The van der Waals surface area contributed by atoms with Gasteiger partial charge in [0.1, 0.15) is 5.52 Å². The molecule has 5 rings (SSSR count). The molecule has 2 aromatic rings. The highest BCUT2D eigenvalue weighted by molar-refractivity contribution is 6.32. The Kier molecular flexibility index (Phi) is 5.40. The molecule has 1 aromatic heterocycles. The molecular formula is C23H30ClN3O3. The molecule has 2 heterocycles. The molecule has 162 valence electrons. The lowest BCUT2D eigenvalue weighted by Gasteiger charge is -2.44. The van der Waals surface area contributed by atoms with Gasteiger partial charge in [0.2, 0.25) is 0 Å². The van der Waals surface area contributed by atoms with Gasteiger partial charge in [0.15, 0.2) is 5.58 Å². The van der Waals surface area contributed by atoms with E-state index in [4.69, 9.17) is 25.7 Å². The molecule has 1 amide bonds. The second-order valence-electron chi connectivity index (χ2n) is 9.37. The number of amides is 1. The van der Waals surface area contributed by atoms with Crippen molar-refractivity contribution in [2.24, 2.45) is 17.8 Å². The zero-order valence-corrected chi connectivity index (χ0v) is 18.5. The Labute approximate surface area is 182 Å². The van der Waals surface area contributed by atoms with Crippen LogP contribution in [-0.2, 0) is 4.74 Å². The van der Waals surface area contributed by atoms with Crippen LogP contribution in [-0.4, -0.2) is 42.7 Å². The predicted molar refractivity (Wildman–Crippen MR) is 117 cm³/mol. The maximum Gasteiger partial charge on any atom is 0.298 e.